The molecule has 0 aliphatic carbocycles. The predicted octanol–water partition coefficient (Wildman–Crippen LogP) is 3.37. The standard InChI is InChI=1S/C14H14ClN3O/c1-10-11(4-3-7-16-10)9-17-14(19)18-13-6-2-5-12(15)8-13/h2-8H,9H2,1H3,(H2,17,18,19). The van der Waals surface area contributed by atoms with Gasteiger partial charge < -0.3 is 10.6 Å². The number of nitrogens with one attached hydrogen (secondary N) is 2. The second kappa shape index (κ2) is 6.20. The number of carbonyl (C=O) groups excluding carboxylic acids is 1. The number of aromatic nitrogens is 1. The number of hydrogen-bond acceptors (Lipinski definition) is 2. The van der Waals surface area contributed by atoms with E-state index in [4.69, 9.17) is 11.6 Å². The maximum Gasteiger partial charge on any atom is 0.319 e. The van der Waals surface area contributed by atoms with E-state index in [1.807, 2.05) is 19.1 Å². The highest BCUT2D eigenvalue weighted by molar-refractivity contribution is 6.30. The fourth-order valence-electron chi connectivity index (χ4n) is 1.62. The molecule has 5 heteroatoms. The Balaban J connectivity index is 1.90. The summed E-state index contributed by atoms with van der Waals surface area (Å²) in [5.41, 5.74) is 2.56. The zero-order valence-corrected chi connectivity index (χ0v) is 11.2. The summed E-state index contributed by atoms with van der Waals surface area (Å²) in [6, 6.07) is 10.5. The van der Waals surface area contributed by atoms with E-state index in [0.29, 0.717) is 17.3 Å². The summed E-state index contributed by atoms with van der Waals surface area (Å²) < 4.78 is 0. The van der Waals surface area contributed by atoms with E-state index in [0.717, 1.165) is 11.3 Å². The van der Waals surface area contributed by atoms with Gasteiger partial charge in [-0.15, -0.1) is 0 Å². The first-order chi connectivity index (χ1) is 9.15. The molecular weight excluding hydrogens is 262 g/mol. The lowest BCUT2D eigenvalue weighted by molar-refractivity contribution is 0.251. The van der Waals surface area contributed by atoms with Gasteiger partial charge in [-0.05, 0) is 36.8 Å². The van der Waals surface area contributed by atoms with Crippen molar-refractivity contribution >= 4 is 23.3 Å². The number of rotatable bonds is 3. The first-order valence-corrected chi connectivity index (χ1v) is 6.24. The summed E-state index contributed by atoms with van der Waals surface area (Å²) in [5, 5.41) is 6.08. The van der Waals surface area contributed by atoms with Crippen molar-refractivity contribution in [3.8, 4) is 0 Å². The Morgan fingerprint density at radius 3 is 2.89 bits per heavy atom. The van der Waals surface area contributed by atoms with Gasteiger partial charge in [0.1, 0.15) is 0 Å². The number of carbonyl (C=O) groups is 1. The Morgan fingerprint density at radius 2 is 2.16 bits per heavy atom. The summed E-state index contributed by atoms with van der Waals surface area (Å²) in [6.45, 7) is 2.35. The van der Waals surface area contributed by atoms with Crippen LogP contribution in [0, 0.1) is 6.92 Å². The molecule has 98 valence electrons. The predicted molar refractivity (Wildman–Crippen MR) is 76.3 cm³/mol. The van der Waals surface area contributed by atoms with Crippen LogP contribution in [0.4, 0.5) is 10.5 Å². The highest BCUT2D eigenvalue weighted by Gasteiger charge is 2.03. The van der Waals surface area contributed by atoms with Gasteiger partial charge in [-0.1, -0.05) is 23.7 Å². The zero-order chi connectivity index (χ0) is 13.7. The van der Waals surface area contributed by atoms with E-state index in [-0.39, 0.29) is 6.03 Å². The molecule has 19 heavy (non-hydrogen) atoms. The van der Waals surface area contributed by atoms with E-state index in [9.17, 15) is 4.79 Å². The van der Waals surface area contributed by atoms with Crippen LogP contribution in [0.5, 0.6) is 0 Å². The van der Waals surface area contributed by atoms with Crippen molar-refractivity contribution in [3.05, 3.63) is 58.9 Å². The highest BCUT2D eigenvalue weighted by Crippen LogP contribution is 2.14. The fourth-order valence-corrected chi connectivity index (χ4v) is 1.81. The smallest absolute Gasteiger partial charge is 0.319 e. The number of nitrogens with zero attached hydrogens (tertiary/aromatic N) is 1. The monoisotopic (exact) mass is 275 g/mol. The molecule has 1 aromatic heterocycles. The van der Waals surface area contributed by atoms with E-state index in [1.54, 1.807) is 30.5 Å². The van der Waals surface area contributed by atoms with Crippen LogP contribution in [0.1, 0.15) is 11.3 Å². The van der Waals surface area contributed by atoms with Crippen LogP contribution >= 0.6 is 11.6 Å². The number of aryl methyl sites for hydroxylation is 1. The van der Waals surface area contributed by atoms with E-state index in [1.165, 1.54) is 0 Å². The summed E-state index contributed by atoms with van der Waals surface area (Å²) in [7, 11) is 0. The molecule has 2 N–H and O–H groups in total. The Labute approximate surface area is 116 Å². The normalized spacial score (nSPS) is 10.0. The molecule has 0 aliphatic heterocycles. The third kappa shape index (κ3) is 3.96. The van der Waals surface area contributed by atoms with Crippen LogP contribution in [0.25, 0.3) is 0 Å². The molecule has 1 heterocycles. The average Bonchev–Trinajstić information content (AvgIpc) is 2.38. The number of amides is 2. The summed E-state index contributed by atoms with van der Waals surface area (Å²) >= 11 is 5.84. The van der Waals surface area contributed by atoms with Gasteiger partial charge in [-0.2, -0.15) is 0 Å². The highest BCUT2D eigenvalue weighted by atomic mass is 35.5. The second-order valence-electron chi connectivity index (χ2n) is 4.07. The molecule has 0 unspecified atom stereocenters. The van der Waals surface area contributed by atoms with Crippen LogP contribution in [-0.2, 0) is 6.54 Å². The summed E-state index contributed by atoms with van der Waals surface area (Å²) in [5.74, 6) is 0. The minimum Gasteiger partial charge on any atom is -0.334 e. The summed E-state index contributed by atoms with van der Waals surface area (Å²) in [4.78, 5) is 15.9. The lowest BCUT2D eigenvalue weighted by atomic mass is 10.2. The molecule has 0 radical (unpaired) electrons. The molecule has 1 aromatic carbocycles. The average molecular weight is 276 g/mol. The van der Waals surface area contributed by atoms with Crippen LogP contribution in [0.15, 0.2) is 42.6 Å². The Kier molecular flexibility index (Phi) is 4.36. The van der Waals surface area contributed by atoms with Gasteiger partial charge in [0, 0.05) is 29.1 Å². The lowest BCUT2D eigenvalue weighted by Gasteiger charge is -2.09. The van der Waals surface area contributed by atoms with Crippen LogP contribution in [0.2, 0.25) is 5.02 Å². The largest absolute Gasteiger partial charge is 0.334 e. The minimum absolute atomic E-state index is 0.273. The molecule has 0 bridgehead atoms. The fraction of sp³-hybridized carbons (Fsp3) is 0.143. The molecule has 4 nitrogen and oxygen atoms in total. The van der Waals surface area contributed by atoms with Gasteiger partial charge in [0.15, 0.2) is 0 Å². The number of halogens is 1. The summed E-state index contributed by atoms with van der Waals surface area (Å²) in [6.07, 6.45) is 1.73. The van der Waals surface area contributed by atoms with Crippen molar-refractivity contribution in [1.82, 2.24) is 10.3 Å². The first kappa shape index (κ1) is 13.4. The number of benzene rings is 1. The maximum absolute atomic E-state index is 11.7. The second-order valence-corrected chi connectivity index (χ2v) is 4.50. The van der Waals surface area contributed by atoms with Gasteiger partial charge in [0.05, 0.1) is 0 Å². The van der Waals surface area contributed by atoms with Gasteiger partial charge in [-0.3, -0.25) is 4.98 Å². The molecule has 0 saturated heterocycles. The first-order valence-electron chi connectivity index (χ1n) is 5.86. The number of urea groups is 1. The third-order valence-electron chi connectivity index (χ3n) is 2.64. The van der Waals surface area contributed by atoms with E-state index < -0.39 is 0 Å². The van der Waals surface area contributed by atoms with Crippen molar-refractivity contribution in [2.75, 3.05) is 5.32 Å². The molecule has 2 amide bonds. The van der Waals surface area contributed by atoms with Crippen molar-refractivity contribution in [1.29, 1.82) is 0 Å². The Morgan fingerprint density at radius 1 is 1.32 bits per heavy atom. The minimum atomic E-state index is -0.273. The van der Waals surface area contributed by atoms with Crippen LogP contribution in [-0.4, -0.2) is 11.0 Å². The Bertz CT molecular complexity index is 586. The molecule has 0 saturated carbocycles. The van der Waals surface area contributed by atoms with Gasteiger partial charge >= 0.3 is 6.03 Å². The van der Waals surface area contributed by atoms with Crippen LogP contribution < -0.4 is 10.6 Å². The number of hydrogen-bond donors (Lipinski definition) is 2. The molecular formula is C14H14ClN3O. The number of anilines is 1. The van der Waals surface area contributed by atoms with Crippen molar-refractivity contribution < 1.29 is 4.79 Å². The SMILES string of the molecule is Cc1ncccc1CNC(=O)Nc1cccc(Cl)c1. The molecule has 0 spiro atoms. The lowest BCUT2D eigenvalue weighted by Crippen LogP contribution is -2.28. The number of pyridine rings is 1. The molecule has 0 fully saturated rings. The molecule has 0 aliphatic rings. The third-order valence-corrected chi connectivity index (χ3v) is 2.87. The van der Waals surface area contributed by atoms with Crippen molar-refractivity contribution in [2.45, 2.75) is 13.5 Å². The van der Waals surface area contributed by atoms with Crippen LogP contribution in [0.3, 0.4) is 0 Å². The van der Waals surface area contributed by atoms with E-state index >= 15 is 0 Å². The Hall–Kier alpha value is -2.07. The molecule has 2 aromatic rings. The van der Waals surface area contributed by atoms with Gasteiger partial charge in [0.2, 0.25) is 0 Å². The van der Waals surface area contributed by atoms with Gasteiger partial charge in [-0.25, -0.2) is 4.79 Å². The zero-order valence-electron chi connectivity index (χ0n) is 10.5. The topological polar surface area (TPSA) is 54.0 Å². The quantitative estimate of drug-likeness (QED) is 0.902. The molecule has 2 rings (SSSR count). The molecule has 0 atom stereocenters. The van der Waals surface area contributed by atoms with E-state index in [2.05, 4.69) is 15.6 Å². The maximum atomic E-state index is 11.7. The van der Waals surface area contributed by atoms with Crippen molar-refractivity contribution in [3.63, 3.8) is 0 Å². The van der Waals surface area contributed by atoms with Gasteiger partial charge in [0.25, 0.3) is 0 Å². The van der Waals surface area contributed by atoms with Crippen molar-refractivity contribution in [2.24, 2.45) is 0 Å².